The van der Waals surface area contributed by atoms with Crippen molar-refractivity contribution in [2.24, 2.45) is 11.8 Å². The molecule has 1 atom stereocenters. The van der Waals surface area contributed by atoms with E-state index in [0.717, 1.165) is 55.8 Å². The molecule has 0 radical (unpaired) electrons. The SMILES string of the molecule is CC(NC(=O)C1CCN(c2ccc(C#N)cn2)CC1)c1ccc(NC(=O)C2CC2)cc1. The molecule has 2 fully saturated rings. The summed E-state index contributed by atoms with van der Waals surface area (Å²) in [7, 11) is 0. The predicted octanol–water partition coefficient (Wildman–Crippen LogP) is 3.40. The summed E-state index contributed by atoms with van der Waals surface area (Å²) in [6, 6.07) is 13.3. The number of rotatable bonds is 6. The number of anilines is 2. The van der Waals surface area contributed by atoms with E-state index in [0.29, 0.717) is 5.56 Å². The number of nitrogens with zero attached hydrogens (tertiary/aromatic N) is 3. The van der Waals surface area contributed by atoms with Crippen molar-refractivity contribution in [1.82, 2.24) is 10.3 Å². The second-order valence-electron chi connectivity index (χ2n) is 8.39. The number of amides is 2. The minimum absolute atomic E-state index is 0.0193. The Labute approximate surface area is 182 Å². The van der Waals surface area contributed by atoms with Crippen LogP contribution >= 0.6 is 0 Å². The van der Waals surface area contributed by atoms with Crippen LogP contribution in [0.1, 0.15) is 49.8 Å². The number of piperidine rings is 1. The summed E-state index contributed by atoms with van der Waals surface area (Å²) in [5.41, 5.74) is 2.35. The van der Waals surface area contributed by atoms with Crippen LogP contribution in [0.5, 0.6) is 0 Å². The van der Waals surface area contributed by atoms with Crippen molar-refractivity contribution >= 4 is 23.3 Å². The molecule has 31 heavy (non-hydrogen) atoms. The standard InChI is InChI=1S/C24H27N5O2/c1-16(18-5-7-21(8-6-18)28-24(31)19-3-4-19)27-23(30)20-10-12-29(13-11-20)22-9-2-17(14-25)15-26-22/h2,5-9,15-16,19-20H,3-4,10-13H2,1H3,(H,27,30)(H,28,31). The molecule has 0 bridgehead atoms. The molecule has 1 aromatic heterocycles. The lowest BCUT2D eigenvalue weighted by molar-refractivity contribution is -0.126. The second kappa shape index (κ2) is 9.17. The topological polar surface area (TPSA) is 98.1 Å². The van der Waals surface area contributed by atoms with Gasteiger partial charge in [-0.25, -0.2) is 4.98 Å². The van der Waals surface area contributed by atoms with Crippen molar-refractivity contribution in [3.8, 4) is 6.07 Å². The molecule has 1 aromatic carbocycles. The van der Waals surface area contributed by atoms with Crippen molar-refractivity contribution in [3.63, 3.8) is 0 Å². The monoisotopic (exact) mass is 417 g/mol. The second-order valence-corrected chi connectivity index (χ2v) is 8.39. The molecule has 2 N–H and O–H groups in total. The number of pyridine rings is 1. The first-order valence-electron chi connectivity index (χ1n) is 10.9. The summed E-state index contributed by atoms with van der Waals surface area (Å²) >= 11 is 0. The normalized spacial score (nSPS) is 17.5. The number of nitrogens with one attached hydrogen (secondary N) is 2. The van der Waals surface area contributed by atoms with E-state index in [1.165, 1.54) is 0 Å². The summed E-state index contributed by atoms with van der Waals surface area (Å²) in [5, 5.41) is 15.0. The third-order valence-electron chi connectivity index (χ3n) is 6.05. The number of benzene rings is 1. The maximum Gasteiger partial charge on any atom is 0.227 e. The molecule has 1 unspecified atom stereocenters. The molecule has 0 spiro atoms. The van der Waals surface area contributed by atoms with Crippen LogP contribution in [-0.2, 0) is 9.59 Å². The molecule has 1 saturated carbocycles. The lowest BCUT2D eigenvalue weighted by atomic mass is 9.95. The van der Waals surface area contributed by atoms with Gasteiger partial charge < -0.3 is 15.5 Å². The molecule has 2 aliphatic rings. The van der Waals surface area contributed by atoms with Crippen LogP contribution in [0.15, 0.2) is 42.6 Å². The molecule has 160 valence electrons. The Hall–Kier alpha value is -3.40. The Morgan fingerprint density at radius 2 is 1.71 bits per heavy atom. The number of hydrogen-bond donors (Lipinski definition) is 2. The van der Waals surface area contributed by atoms with Gasteiger partial charge in [-0.15, -0.1) is 0 Å². The van der Waals surface area contributed by atoms with Gasteiger partial charge in [0.1, 0.15) is 11.9 Å². The van der Waals surface area contributed by atoms with Crippen molar-refractivity contribution < 1.29 is 9.59 Å². The average molecular weight is 418 g/mol. The van der Waals surface area contributed by atoms with E-state index in [-0.39, 0.29) is 29.7 Å². The molecule has 7 nitrogen and oxygen atoms in total. The Bertz CT molecular complexity index is 969. The fourth-order valence-electron chi connectivity index (χ4n) is 3.87. The van der Waals surface area contributed by atoms with E-state index in [2.05, 4.69) is 26.6 Å². The summed E-state index contributed by atoms with van der Waals surface area (Å²) in [6.45, 7) is 3.51. The first-order chi connectivity index (χ1) is 15.0. The van der Waals surface area contributed by atoms with Gasteiger partial charge in [-0.2, -0.15) is 5.26 Å². The molecule has 1 aliphatic heterocycles. The van der Waals surface area contributed by atoms with Gasteiger partial charge in [-0.3, -0.25) is 9.59 Å². The van der Waals surface area contributed by atoms with Gasteiger partial charge in [0.25, 0.3) is 0 Å². The Kier molecular flexibility index (Phi) is 6.17. The maximum atomic E-state index is 12.8. The molecule has 1 saturated heterocycles. The van der Waals surface area contributed by atoms with Gasteiger partial charge in [0.2, 0.25) is 11.8 Å². The molecular weight excluding hydrogens is 390 g/mol. The summed E-state index contributed by atoms with van der Waals surface area (Å²) in [6.07, 6.45) is 5.09. The number of nitriles is 1. The van der Waals surface area contributed by atoms with Gasteiger partial charge >= 0.3 is 0 Å². The minimum atomic E-state index is -0.0982. The molecule has 2 heterocycles. The Balaban J connectivity index is 1.26. The highest BCUT2D eigenvalue weighted by Crippen LogP contribution is 2.30. The predicted molar refractivity (Wildman–Crippen MR) is 118 cm³/mol. The van der Waals surface area contributed by atoms with E-state index >= 15 is 0 Å². The zero-order valence-electron chi connectivity index (χ0n) is 17.7. The highest BCUT2D eigenvalue weighted by molar-refractivity contribution is 5.94. The van der Waals surface area contributed by atoms with Crippen LogP contribution in [-0.4, -0.2) is 29.9 Å². The molecule has 2 aromatic rings. The van der Waals surface area contributed by atoms with E-state index in [1.54, 1.807) is 12.3 Å². The smallest absolute Gasteiger partial charge is 0.227 e. The van der Waals surface area contributed by atoms with Gasteiger partial charge in [-0.05, 0) is 62.4 Å². The molecule has 1 aliphatic carbocycles. The highest BCUT2D eigenvalue weighted by Gasteiger charge is 2.29. The Morgan fingerprint density at radius 3 is 2.29 bits per heavy atom. The van der Waals surface area contributed by atoms with E-state index in [9.17, 15) is 9.59 Å². The van der Waals surface area contributed by atoms with Gasteiger partial charge in [-0.1, -0.05) is 12.1 Å². The van der Waals surface area contributed by atoms with Crippen LogP contribution in [0.2, 0.25) is 0 Å². The number of hydrogen-bond acceptors (Lipinski definition) is 5. The van der Waals surface area contributed by atoms with Crippen LogP contribution in [0.4, 0.5) is 11.5 Å². The van der Waals surface area contributed by atoms with Crippen molar-refractivity contribution in [3.05, 3.63) is 53.7 Å². The molecule has 7 heteroatoms. The fraction of sp³-hybridized carbons (Fsp3) is 0.417. The maximum absolute atomic E-state index is 12.8. The molecular formula is C24H27N5O2. The Morgan fingerprint density at radius 1 is 1.03 bits per heavy atom. The lowest BCUT2D eigenvalue weighted by Gasteiger charge is -2.32. The van der Waals surface area contributed by atoms with Gasteiger partial charge in [0.15, 0.2) is 0 Å². The molecule has 2 amide bonds. The van der Waals surface area contributed by atoms with Crippen molar-refractivity contribution in [2.75, 3.05) is 23.3 Å². The van der Waals surface area contributed by atoms with Crippen molar-refractivity contribution in [2.45, 2.75) is 38.6 Å². The number of aromatic nitrogens is 1. The van der Waals surface area contributed by atoms with Crippen LogP contribution in [0.25, 0.3) is 0 Å². The van der Waals surface area contributed by atoms with E-state index < -0.39 is 0 Å². The number of carbonyl (C=O) groups excluding carboxylic acids is 2. The lowest BCUT2D eigenvalue weighted by Crippen LogP contribution is -2.41. The van der Waals surface area contributed by atoms with Crippen LogP contribution in [0, 0.1) is 23.2 Å². The summed E-state index contributed by atoms with van der Waals surface area (Å²) in [5.74, 6) is 1.17. The fourth-order valence-corrected chi connectivity index (χ4v) is 3.87. The number of carbonyl (C=O) groups is 2. The first-order valence-corrected chi connectivity index (χ1v) is 10.9. The minimum Gasteiger partial charge on any atom is -0.357 e. The van der Waals surface area contributed by atoms with E-state index in [1.807, 2.05) is 37.3 Å². The van der Waals surface area contributed by atoms with Crippen molar-refractivity contribution in [1.29, 1.82) is 5.26 Å². The van der Waals surface area contributed by atoms with Crippen LogP contribution in [0.3, 0.4) is 0 Å². The summed E-state index contributed by atoms with van der Waals surface area (Å²) in [4.78, 5) is 31.1. The summed E-state index contributed by atoms with van der Waals surface area (Å²) < 4.78 is 0. The third-order valence-corrected chi connectivity index (χ3v) is 6.05. The quantitative estimate of drug-likeness (QED) is 0.751. The van der Waals surface area contributed by atoms with Crippen LogP contribution < -0.4 is 15.5 Å². The van der Waals surface area contributed by atoms with E-state index in [4.69, 9.17) is 5.26 Å². The first kappa shape index (κ1) is 20.9. The average Bonchev–Trinajstić information content (AvgIpc) is 3.65. The van der Waals surface area contributed by atoms with Gasteiger partial charge in [0.05, 0.1) is 11.6 Å². The highest BCUT2D eigenvalue weighted by atomic mass is 16.2. The molecule has 4 rings (SSSR count). The zero-order chi connectivity index (χ0) is 21.8. The van der Waals surface area contributed by atoms with Gasteiger partial charge in [0, 0.05) is 36.8 Å². The third kappa shape index (κ3) is 5.21. The zero-order valence-corrected chi connectivity index (χ0v) is 17.7. The largest absolute Gasteiger partial charge is 0.357 e.